The maximum absolute atomic E-state index is 11.0. The number of benzene rings is 1. The zero-order chi connectivity index (χ0) is 12.2. The molecule has 1 amide bonds. The number of nitrogens with zero attached hydrogens (tertiary/aromatic N) is 2. The van der Waals surface area contributed by atoms with E-state index in [4.69, 9.17) is 10.4 Å². The fraction of sp³-hybridized carbons (Fsp3) is 0.182. The molecule has 0 saturated heterocycles. The van der Waals surface area contributed by atoms with Crippen LogP contribution in [-0.4, -0.2) is 31.1 Å². The lowest BCUT2D eigenvalue weighted by Gasteiger charge is -2.24. The van der Waals surface area contributed by atoms with Gasteiger partial charge in [-0.05, 0) is 12.1 Å². The number of carbonyl (C=O) groups excluding carboxylic acids is 1. The summed E-state index contributed by atoms with van der Waals surface area (Å²) >= 11 is 0. The lowest BCUT2D eigenvalue weighted by molar-refractivity contribution is -0.139. The maximum Gasteiger partial charge on any atom is 0.360 e. The van der Waals surface area contributed by atoms with Crippen LogP contribution in [-0.2, 0) is 9.59 Å². The Bertz CT molecular complexity index is 465. The predicted octanol–water partition coefficient (Wildman–Crippen LogP) is 0.736. The third-order valence-corrected chi connectivity index (χ3v) is 2.26. The van der Waals surface area contributed by atoms with Gasteiger partial charge in [0.25, 0.3) is 0 Å². The molecular formula is C11H11N2O3+. The molecule has 0 bridgehead atoms. The van der Waals surface area contributed by atoms with Crippen molar-refractivity contribution < 1.29 is 14.7 Å². The van der Waals surface area contributed by atoms with Gasteiger partial charge in [-0.1, -0.05) is 6.07 Å². The summed E-state index contributed by atoms with van der Waals surface area (Å²) in [5, 5.41) is 17.4. The molecule has 5 heteroatoms. The van der Waals surface area contributed by atoms with Gasteiger partial charge in [0.2, 0.25) is 0 Å². The molecule has 1 unspecified atom stereocenters. The number of likely N-dealkylation sites (N-methyl/N-ethyl adjacent to an activating group) is 1. The van der Waals surface area contributed by atoms with Crippen LogP contribution in [0, 0.1) is 11.3 Å². The fourth-order valence-corrected chi connectivity index (χ4v) is 1.36. The first kappa shape index (κ1) is 11.9. The lowest BCUT2D eigenvalue weighted by Crippen LogP contribution is -2.47. The molecule has 0 aliphatic heterocycles. The summed E-state index contributed by atoms with van der Waals surface area (Å²) in [6.07, 6.45) is 0.546. The van der Waals surface area contributed by atoms with Gasteiger partial charge in [-0.2, -0.15) is 5.26 Å². The predicted molar refractivity (Wildman–Crippen MR) is 57.4 cm³/mol. The number of carboxylic acid groups (broad SMARTS) is 1. The third kappa shape index (κ3) is 2.43. The van der Waals surface area contributed by atoms with E-state index in [0.29, 0.717) is 17.7 Å². The van der Waals surface area contributed by atoms with Crippen LogP contribution in [0.3, 0.4) is 0 Å². The zero-order valence-corrected chi connectivity index (χ0v) is 8.75. The Morgan fingerprint density at radius 3 is 2.81 bits per heavy atom. The molecule has 1 rings (SSSR count). The highest BCUT2D eigenvalue weighted by Crippen LogP contribution is 2.20. The van der Waals surface area contributed by atoms with Crippen LogP contribution >= 0.6 is 0 Å². The van der Waals surface area contributed by atoms with Gasteiger partial charge in [0.15, 0.2) is 6.54 Å². The van der Waals surface area contributed by atoms with Crippen molar-refractivity contribution in [2.24, 2.45) is 0 Å². The molecule has 0 fully saturated rings. The van der Waals surface area contributed by atoms with Gasteiger partial charge in [-0.15, -0.1) is 0 Å². The lowest BCUT2D eigenvalue weighted by atomic mass is 10.2. The van der Waals surface area contributed by atoms with Crippen LogP contribution in [0.4, 0.5) is 5.69 Å². The topological polar surface area (TPSA) is 78.2 Å². The minimum Gasteiger partial charge on any atom is -0.477 e. The summed E-state index contributed by atoms with van der Waals surface area (Å²) in [4.78, 5) is 21.7. The second-order valence-corrected chi connectivity index (χ2v) is 3.59. The minimum atomic E-state index is -1.07. The van der Waals surface area contributed by atoms with Crippen LogP contribution in [0.5, 0.6) is 0 Å². The summed E-state index contributed by atoms with van der Waals surface area (Å²) in [7, 11) is 1.48. The minimum absolute atomic E-state index is 0.349. The van der Waals surface area contributed by atoms with E-state index in [1.165, 1.54) is 13.1 Å². The molecule has 1 aromatic carbocycles. The Morgan fingerprint density at radius 1 is 1.62 bits per heavy atom. The molecule has 0 aliphatic rings. The molecule has 5 nitrogen and oxygen atoms in total. The van der Waals surface area contributed by atoms with Crippen molar-refractivity contribution in [1.82, 2.24) is 4.48 Å². The van der Waals surface area contributed by atoms with Crippen LogP contribution in [0.25, 0.3) is 0 Å². The van der Waals surface area contributed by atoms with Crippen LogP contribution < -0.4 is 4.48 Å². The number of nitriles is 1. The Labute approximate surface area is 92.7 Å². The largest absolute Gasteiger partial charge is 0.477 e. The molecule has 0 spiro atoms. The summed E-state index contributed by atoms with van der Waals surface area (Å²) in [5.41, 5.74) is 0.880. The van der Waals surface area contributed by atoms with Gasteiger partial charge in [-0.25, -0.2) is 14.1 Å². The van der Waals surface area contributed by atoms with Crippen molar-refractivity contribution >= 4 is 18.1 Å². The van der Waals surface area contributed by atoms with Crippen LogP contribution in [0.1, 0.15) is 5.56 Å². The second kappa shape index (κ2) is 4.55. The standard InChI is InChI=1S/C11H10N2O3/c1-13(8-14,7-11(15)16)10-4-2-3-9(5-10)6-12/h2-5,8H,7H2,1H3/p+1. The first-order valence-corrected chi connectivity index (χ1v) is 4.56. The molecular weight excluding hydrogens is 208 g/mol. The summed E-state index contributed by atoms with van der Waals surface area (Å²) in [6.45, 7) is -0.349. The molecule has 0 saturated carbocycles. The average Bonchev–Trinajstić information content (AvgIpc) is 2.28. The van der Waals surface area contributed by atoms with E-state index in [1.807, 2.05) is 6.07 Å². The Balaban J connectivity index is 3.17. The smallest absolute Gasteiger partial charge is 0.360 e. The number of carboxylic acids is 1. The Kier molecular flexibility index (Phi) is 3.38. The average molecular weight is 219 g/mol. The summed E-state index contributed by atoms with van der Waals surface area (Å²) in [6, 6.07) is 8.30. The molecule has 0 heterocycles. The third-order valence-electron chi connectivity index (χ3n) is 2.26. The highest BCUT2D eigenvalue weighted by atomic mass is 16.4. The normalized spacial score (nSPS) is 13.5. The highest BCUT2D eigenvalue weighted by molar-refractivity contribution is 5.80. The molecule has 16 heavy (non-hydrogen) atoms. The monoisotopic (exact) mass is 219 g/mol. The number of rotatable bonds is 4. The quantitative estimate of drug-likeness (QED) is 0.598. The number of carbonyl (C=O) groups is 2. The molecule has 82 valence electrons. The summed E-state index contributed by atoms with van der Waals surface area (Å²) < 4.78 is -0.384. The first-order valence-electron chi connectivity index (χ1n) is 4.56. The van der Waals surface area contributed by atoms with E-state index in [9.17, 15) is 9.59 Å². The zero-order valence-electron chi connectivity index (χ0n) is 8.75. The number of hydrogen-bond donors (Lipinski definition) is 1. The van der Waals surface area contributed by atoms with E-state index in [-0.39, 0.29) is 11.0 Å². The van der Waals surface area contributed by atoms with E-state index in [0.717, 1.165) is 0 Å². The fourth-order valence-electron chi connectivity index (χ4n) is 1.36. The number of aliphatic carboxylic acids is 1. The van der Waals surface area contributed by atoms with Crippen molar-refractivity contribution in [1.29, 1.82) is 5.26 Å². The van der Waals surface area contributed by atoms with Gasteiger partial charge in [0, 0.05) is 6.07 Å². The van der Waals surface area contributed by atoms with Gasteiger partial charge < -0.3 is 5.11 Å². The first-order chi connectivity index (χ1) is 7.51. The molecule has 0 aliphatic carbocycles. The Hall–Kier alpha value is -2.19. The molecule has 0 radical (unpaired) electrons. The van der Waals surface area contributed by atoms with Crippen LogP contribution in [0.15, 0.2) is 24.3 Å². The van der Waals surface area contributed by atoms with E-state index in [1.54, 1.807) is 18.2 Å². The molecule has 0 aromatic heterocycles. The number of quaternary nitrogens is 1. The van der Waals surface area contributed by atoms with E-state index in [2.05, 4.69) is 0 Å². The maximum atomic E-state index is 11.0. The molecule has 1 atom stereocenters. The van der Waals surface area contributed by atoms with Gasteiger partial charge in [-0.3, -0.25) is 0 Å². The van der Waals surface area contributed by atoms with Crippen molar-refractivity contribution in [3.63, 3.8) is 0 Å². The number of amides is 1. The van der Waals surface area contributed by atoms with E-state index >= 15 is 0 Å². The Morgan fingerprint density at radius 2 is 2.31 bits per heavy atom. The second-order valence-electron chi connectivity index (χ2n) is 3.59. The number of hydrogen-bond acceptors (Lipinski definition) is 3. The van der Waals surface area contributed by atoms with E-state index < -0.39 is 5.97 Å². The van der Waals surface area contributed by atoms with Gasteiger partial charge in [0.1, 0.15) is 5.69 Å². The van der Waals surface area contributed by atoms with Crippen molar-refractivity contribution in [3.8, 4) is 6.07 Å². The van der Waals surface area contributed by atoms with Crippen molar-refractivity contribution in [2.75, 3.05) is 13.6 Å². The van der Waals surface area contributed by atoms with Crippen molar-refractivity contribution in [3.05, 3.63) is 29.8 Å². The summed E-state index contributed by atoms with van der Waals surface area (Å²) in [5.74, 6) is -1.07. The van der Waals surface area contributed by atoms with Gasteiger partial charge in [0.05, 0.1) is 18.7 Å². The molecule has 1 aromatic rings. The van der Waals surface area contributed by atoms with Gasteiger partial charge >= 0.3 is 12.4 Å². The van der Waals surface area contributed by atoms with Crippen LogP contribution in [0.2, 0.25) is 0 Å². The highest BCUT2D eigenvalue weighted by Gasteiger charge is 2.28. The molecule has 1 N–H and O–H groups in total. The SMILES string of the molecule is C[N+](C=O)(CC(=O)O)c1cccc(C#N)c1. The van der Waals surface area contributed by atoms with Crippen molar-refractivity contribution in [2.45, 2.75) is 0 Å².